The molecule has 1 amide bonds. The van der Waals surface area contributed by atoms with Crippen LogP contribution in [0.3, 0.4) is 0 Å². The van der Waals surface area contributed by atoms with E-state index >= 15 is 4.79 Å². The Balaban J connectivity index is 1.32. The van der Waals surface area contributed by atoms with Crippen LogP contribution in [0.4, 0.5) is 5.69 Å². The number of pyridine rings is 1. The molecule has 3 aromatic carbocycles. The summed E-state index contributed by atoms with van der Waals surface area (Å²) in [6.07, 6.45) is 1.09. The Kier molecular flexibility index (Phi) is 10.5. The highest BCUT2D eigenvalue weighted by molar-refractivity contribution is 6.35. The summed E-state index contributed by atoms with van der Waals surface area (Å²) in [5.41, 5.74) is 9.92. The van der Waals surface area contributed by atoms with Crippen molar-refractivity contribution in [3.63, 3.8) is 0 Å². The quantitative estimate of drug-likeness (QED) is 0.129. The van der Waals surface area contributed by atoms with Crippen molar-refractivity contribution in [2.24, 2.45) is 7.05 Å². The summed E-state index contributed by atoms with van der Waals surface area (Å²) in [5, 5.41) is 18.5. The maximum absolute atomic E-state index is 15.6. The minimum Gasteiger partial charge on any atom is -0.496 e. The van der Waals surface area contributed by atoms with Crippen LogP contribution in [-0.4, -0.2) is 61.1 Å². The molecule has 0 bridgehead atoms. The average molecular weight is 834 g/mol. The summed E-state index contributed by atoms with van der Waals surface area (Å²) < 4.78 is 17.8. The third kappa shape index (κ3) is 6.70. The molecule has 1 N–H and O–H groups in total. The van der Waals surface area contributed by atoms with Gasteiger partial charge in [-0.05, 0) is 114 Å². The zero-order chi connectivity index (χ0) is 42.0. The van der Waals surface area contributed by atoms with E-state index in [-0.39, 0.29) is 36.4 Å². The Morgan fingerprint density at radius 2 is 1.71 bits per heavy atom. The summed E-state index contributed by atoms with van der Waals surface area (Å²) in [7, 11) is 3.46. The van der Waals surface area contributed by atoms with E-state index in [9.17, 15) is 9.90 Å². The van der Waals surface area contributed by atoms with Crippen LogP contribution in [0, 0.1) is 34.6 Å². The molecule has 59 heavy (non-hydrogen) atoms. The van der Waals surface area contributed by atoms with Crippen LogP contribution in [0.15, 0.2) is 60.7 Å². The average Bonchev–Trinajstić information content (AvgIpc) is 3.79. The molecule has 4 aromatic heterocycles. The molecule has 13 heteroatoms. The van der Waals surface area contributed by atoms with Crippen molar-refractivity contribution < 1.29 is 24.2 Å². The fourth-order valence-corrected chi connectivity index (χ4v) is 9.29. The number of nitrogens with zero attached hydrogens (tertiary/aromatic N) is 6. The minimum atomic E-state index is -1.17. The molecule has 1 atom stereocenters. The van der Waals surface area contributed by atoms with Crippen LogP contribution in [0.2, 0.25) is 10.0 Å². The van der Waals surface area contributed by atoms with Crippen molar-refractivity contribution in [2.75, 3.05) is 25.2 Å². The van der Waals surface area contributed by atoms with Gasteiger partial charge < -0.3 is 28.6 Å². The molecule has 304 valence electrons. The molecule has 0 spiro atoms. The largest absolute Gasteiger partial charge is 0.496 e. The number of methoxy groups -OCH3 is 1. The maximum Gasteiger partial charge on any atom is 0.354 e. The number of hydrogen-bond donors (Lipinski definition) is 1. The summed E-state index contributed by atoms with van der Waals surface area (Å²) in [6, 6.07) is 18.6. The van der Waals surface area contributed by atoms with E-state index in [0.717, 1.165) is 61.6 Å². The number of benzene rings is 3. The van der Waals surface area contributed by atoms with Gasteiger partial charge in [0.15, 0.2) is 5.69 Å². The number of fused-ring (bicyclic) bond motifs is 4. The van der Waals surface area contributed by atoms with Gasteiger partial charge in [-0.25, -0.2) is 4.79 Å². The Labute approximate surface area is 352 Å². The van der Waals surface area contributed by atoms with E-state index < -0.39 is 5.97 Å². The lowest BCUT2D eigenvalue weighted by Crippen LogP contribution is -2.43. The van der Waals surface area contributed by atoms with Crippen LogP contribution in [0.25, 0.3) is 32.9 Å². The van der Waals surface area contributed by atoms with Crippen LogP contribution in [-0.2, 0) is 20.0 Å². The topological polar surface area (TPSA) is 117 Å². The molecule has 0 saturated heterocycles. The first-order chi connectivity index (χ1) is 28.2. The number of carboxylic acid groups (broad SMARTS) is 1. The van der Waals surface area contributed by atoms with Crippen molar-refractivity contribution >= 4 is 62.6 Å². The Hall–Kier alpha value is -5.78. The van der Waals surface area contributed by atoms with E-state index in [2.05, 4.69) is 11.5 Å². The molecule has 0 radical (unpaired) electrons. The van der Waals surface area contributed by atoms with Gasteiger partial charge in [-0.1, -0.05) is 41.4 Å². The second-order valence-corrected chi connectivity index (χ2v) is 16.3. The number of carbonyl (C=O) groups excluding carboxylic acids is 1. The summed E-state index contributed by atoms with van der Waals surface area (Å²) in [5.74, 6) is -0.293. The SMILES string of the molecule is COc1cccc2c1c(N1C[C@@H](C)n3c(c(CCCOc4cc(C)c(Cl)c(C)c4)c4ccc(Cl)c(-c5c(C)nn(C)c5C)c43)C1=O)c(C(=O)O)n2Cc1cccc(C)n1. The number of rotatable bonds is 11. The van der Waals surface area contributed by atoms with Crippen molar-refractivity contribution in [3.8, 4) is 22.6 Å². The third-order valence-corrected chi connectivity index (χ3v) is 12.5. The number of carbonyl (C=O) groups is 2. The monoisotopic (exact) mass is 832 g/mol. The molecule has 0 aliphatic carbocycles. The maximum atomic E-state index is 15.6. The minimum absolute atomic E-state index is 0.0215. The highest BCUT2D eigenvalue weighted by Gasteiger charge is 2.40. The first-order valence-corrected chi connectivity index (χ1v) is 20.4. The Morgan fingerprint density at radius 3 is 2.37 bits per heavy atom. The number of aromatic nitrogens is 5. The predicted octanol–water partition coefficient (Wildman–Crippen LogP) is 10.2. The Bertz CT molecular complexity index is 2830. The highest BCUT2D eigenvalue weighted by atomic mass is 35.5. The van der Waals surface area contributed by atoms with Crippen LogP contribution in [0.5, 0.6) is 11.5 Å². The molecular weight excluding hydrogens is 787 g/mol. The van der Waals surface area contributed by atoms with Crippen molar-refractivity contribution in [3.05, 3.63) is 122 Å². The lowest BCUT2D eigenvalue weighted by atomic mass is 9.98. The number of ether oxygens (including phenoxy) is 2. The number of halogens is 2. The zero-order valence-corrected chi connectivity index (χ0v) is 35.9. The summed E-state index contributed by atoms with van der Waals surface area (Å²) in [4.78, 5) is 35.4. The van der Waals surface area contributed by atoms with Crippen LogP contribution < -0.4 is 14.4 Å². The van der Waals surface area contributed by atoms with Gasteiger partial charge in [-0.15, -0.1) is 0 Å². The van der Waals surface area contributed by atoms with Crippen LogP contribution in [0.1, 0.15) is 79.8 Å². The van der Waals surface area contributed by atoms with Gasteiger partial charge in [0, 0.05) is 52.6 Å². The molecule has 1 aliphatic rings. The second kappa shape index (κ2) is 15.4. The van der Waals surface area contributed by atoms with Gasteiger partial charge in [0.2, 0.25) is 0 Å². The fraction of sp³-hybridized carbons (Fsp3) is 0.304. The first-order valence-electron chi connectivity index (χ1n) is 19.6. The number of aryl methyl sites for hydroxylation is 6. The molecular formula is C46H46Cl2N6O5. The lowest BCUT2D eigenvalue weighted by molar-refractivity contribution is 0.0687. The molecule has 11 nitrogen and oxygen atoms in total. The van der Waals surface area contributed by atoms with E-state index in [4.69, 9.17) is 42.8 Å². The van der Waals surface area contributed by atoms with E-state index in [1.54, 1.807) is 22.6 Å². The molecule has 0 unspecified atom stereocenters. The Morgan fingerprint density at radius 1 is 0.983 bits per heavy atom. The van der Waals surface area contributed by atoms with Gasteiger partial charge in [0.25, 0.3) is 5.91 Å². The molecule has 1 aliphatic heterocycles. The van der Waals surface area contributed by atoms with Crippen LogP contribution >= 0.6 is 23.2 Å². The van der Waals surface area contributed by atoms with E-state index in [1.807, 2.05) is 101 Å². The lowest BCUT2D eigenvalue weighted by Gasteiger charge is -2.34. The zero-order valence-electron chi connectivity index (χ0n) is 34.4. The normalized spacial score (nSPS) is 14.1. The standard InChI is InChI=1S/C46H46Cl2N6O5/c1-24-20-31(21-25(2)40(24)48)59-19-11-14-32-33-17-18-34(47)38(37-28(5)50-51(7)29(37)6)41(33)54-27(4)22-53(45(55)42(32)54)43-39-35(15-10-16-36(39)58-8)52(44(43)46(56)57)23-30-13-9-12-26(3)49-30/h9-10,12-13,15-18,20-21,27H,11,14,19,22-23H2,1-8H3,(H,56,57)/t27-/m1/s1. The molecule has 8 rings (SSSR count). The van der Waals surface area contributed by atoms with Crippen molar-refractivity contribution in [1.82, 2.24) is 23.9 Å². The smallest absolute Gasteiger partial charge is 0.354 e. The first kappa shape index (κ1) is 40.0. The van der Waals surface area contributed by atoms with E-state index in [0.29, 0.717) is 57.5 Å². The van der Waals surface area contributed by atoms with Gasteiger partial charge in [-0.3, -0.25) is 14.5 Å². The number of anilines is 1. The summed E-state index contributed by atoms with van der Waals surface area (Å²) >= 11 is 13.6. The highest BCUT2D eigenvalue weighted by Crippen LogP contribution is 2.47. The van der Waals surface area contributed by atoms with Gasteiger partial charge in [-0.2, -0.15) is 5.10 Å². The number of aromatic carboxylic acids is 1. The van der Waals surface area contributed by atoms with Gasteiger partial charge in [0.05, 0.1) is 58.8 Å². The molecule has 0 fully saturated rings. The predicted molar refractivity (Wildman–Crippen MR) is 233 cm³/mol. The summed E-state index contributed by atoms with van der Waals surface area (Å²) in [6.45, 7) is 12.6. The number of carboxylic acids is 1. The molecule has 5 heterocycles. The van der Waals surface area contributed by atoms with Crippen molar-refractivity contribution in [2.45, 2.75) is 67.0 Å². The number of amides is 1. The molecule has 0 saturated carbocycles. The molecule has 7 aromatic rings. The van der Waals surface area contributed by atoms with Gasteiger partial charge in [0.1, 0.15) is 17.2 Å². The van der Waals surface area contributed by atoms with Crippen molar-refractivity contribution in [1.29, 1.82) is 0 Å². The fourth-order valence-electron chi connectivity index (χ4n) is 8.93. The van der Waals surface area contributed by atoms with Gasteiger partial charge >= 0.3 is 5.97 Å². The van der Waals surface area contributed by atoms with E-state index in [1.165, 1.54) is 0 Å². The second-order valence-electron chi connectivity index (χ2n) is 15.5. The number of hydrogen-bond acceptors (Lipinski definition) is 6. The third-order valence-electron chi connectivity index (χ3n) is 11.5.